The van der Waals surface area contributed by atoms with Crippen LogP contribution in [0.5, 0.6) is 0 Å². The highest BCUT2D eigenvalue weighted by Gasteiger charge is 2.22. The van der Waals surface area contributed by atoms with E-state index < -0.39 is 0 Å². The molecule has 19 heavy (non-hydrogen) atoms. The van der Waals surface area contributed by atoms with Gasteiger partial charge in [-0.3, -0.25) is 4.79 Å². The Kier molecular flexibility index (Phi) is 4.87. The average Bonchev–Trinajstić information content (AvgIpc) is 2.47. The van der Waals surface area contributed by atoms with Gasteiger partial charge in [-0.25, -0.2) is 0 Å². The smallest absolute Gasteiger partial charge is 0.281 e. The lowest BCUT2D eigenvalue weighted by molar-refractivity contribution is -0.124. The minimum atomic E-state index is -0.0965. The minimum Gasteiger partial charge on any atom is -0.378 e. The summed E-state index contributed by atoms with van der Waals surface area (Å²) in [6.07, 6.45) is 0. The molecule has 1 amide bonds. The van der Waals surface area contributed by atoms with Crippen LogP contribution in [0.25, 0.3) is 0 Å². The molecule has 0 aromatic heterocycles. The number of morpholine rings is 1. The van der Waals surface area contributed by atoms with E-state index in [2.05, 4.69) is 0 Å². The van der Waals surface area contributed by atoms with E-state index in [1.165, 1.54) is 0 Å². The third-order valence-electron chi connectivity index (χ3n) is 3.09. The predicted octanol–water partition coefficient (Wildman–Crippen LogP) is 1.30. The van der Waals surface area contributed by atoms with Crippen LogP contribution >= 0.6 is 12.2 Å². The van der Waals surface area contributed by atoms with E-state index in [1.54, 1.807) is 11.9 Å². The molecule has 1 saturated heterocycles. The van der Waals surface area contributed by atoms with Gasteiger partial charge in [-0.2, -0.15) is 0 Å². The molecule has 0 bridgehead atoms. The first kappa shape index (κ1) is 14.0. The summed E-state index contributed by atoms with van der Waals surface area (Å²) in [6, 6.07) is 9.90. The fourth-order valence-electron chi connectivity index (χ4n) is 1.99. The van der Waals surface area contributed by atoms with Gasteiger partial charge in [0.25, 0.3) is 5.91 Å². The number of carbonyl (C=O) groups is 1. The van der Waals surface area contributed by atoms with Crippen molar-refractivity contribution in [2.45, 2.75) is 6.54 Å². The van der Waals surface area contributed by atoms with Crippen LogP contribution < -0.4 is 0 Å². The topological polar surface area (TPSA) is 32.8 Å². The number of rotatable bonds is 2. The van der Waals surface area contributed by atoms with Gasteiger partial charge >= 0.3 is 0 Å². The predicted molar refractivity (Wildman–Crippen MR) is 77.9 cm³/mol. The summed E-state index contributed by atoms with van der Waals surface area (Å²) in [5.41, 5.74) is 1.10. The van der Waals surface area contributed by atoms with E-state index in [0.29, 0.717) is 37.8 Å². The highest BCUT2D eigenvalue weighted by Crippen LogP contribution is 2.06. The van der Waals surface area contributed by atoms with E-state index in [0.717, 1.165) is 5.56 Å². The van der Waals surface area contributed by atoms with Crippen LogP contribution in [0.2, 0.25) is 0 Å². The zero-order valence-corrected chi connectivity index (χ0v) is 11.9. The summed E-state index contributed by atoms with van der Waals surface area (Å²) < 4.78 is 5.26. The second-order valence-corrected chi connectivity index (χ2v) is 4.94. The Morgan fingerprint density at radius 3 is 2.58 bits per heavy atom. The summed E-state index contributed by atoms with van der Waals surface area (Å²) >= 11 is 5.27. The van der Waals surface area contributed by atoms with Crippen molar-refractivity contribution < 1.29 is 9.53 Å². The zero-order chi connectivity index (χ0) is 13.7. The molecule has 5 heteroatoms. The highest BCUT2D eigenvalue weighted by atomic mass is 32.1. The maximum Gasteiger partial charge on any atom is 0.281 e. The molecule has 1 aromatic rings. The van der Waals surface area contributed by atoms with Gasteiger partial charge in [-0.15, -0.1) is 0 Å². The Balaban J connectivity index is 1.93. The Morgan fingerprint density at radius 2 is 1.95 bits per heavy atom. The average molecular weight is 278 g/mol. The molecule has 0 unspecified atom stereocenters. The number of likely N-dealkylation sites (N-methyl/N-ethyl adjacent to an activating group) is 1. The van der Waals surface area contributed by atoms with Crippen LogP contribution in [-0.2, 0) is 16.1 Å². The largest absolute Gasteiger partial charge is 0.378 e. The normalized spacial score (nSPS) is 15.1. The second-order valence-electron chi connectivity index (χ2n) is 4.55. The lowest BCUT2D eigenvalue weighted by atomic mass is 10.2. The highest BCUT2D eigenvalue weighted by molar-refractivity contribution is 7.81. The van der Waals surface area contributed by atoms with Crippen LogP contribution in [0.3, 0.4) is 0 Å². The lowest BCUT2D eigenvalue weighted by Gasteiger charge is -2.30. The molecule has 0 atom stereocenters. The molecule has 0 spiro atoms. The van der Waals surface area contributed by atoms with E-state index in [-0.39, 0.29) is 5.91 Å². The summed E-state index contributed by atoms with van der Waals surface area (Å²) in [4.78, 5) is 16.2. The fourth-order valence-corrected chi connectivity index (χ4v) is 2.33. The fraction of sp³-hybridized carbons (Fsp3) is 0.429. The number of carbonyl (C=O) groups excluding carboxylic acids is 1. The van der Waals surface area contributed by atoms with E-state index in [9.17, 15) is 4.79 Å². The Bertz CT molecular complexity index is 444. The minimum absolute atomic E-state index is 0.0965. The van der Waals surface area contributed by atoms with Crippen LogP contribution in [0.15, 0.2) is 30.3 Å². The maximum atomic E-state index is 12.2. The van der Waals surface area contributed by atoms with Crippen molar-refractivity contribution in [3.63, 3.8) is 0 Å². The number of benzene rings is 1. The van der Waals surface area contributed by atoms with Gasteiger partial charge in [0.15, 0.2) is 4.99 Å². The van der Waals surface area contributed by atoms with E-state index in [4.69, 9.17) is 17.0 Å². The van der Waals surface area contributed by atoms with Crippen LogP contribution in [0, 0.1) is 0 Å². The van der Waals surface area contributed by atoms with Gasteiger partial charge in [-0.05, 0) is 5.56 Å². The Labute approximate surface area is 118 Å². The molecule has 4 nitrogen and oxygen atoms in total. The van der Waals surface area contributed by atoms with E-state index >= 15 is 0 Å². The molecule has 1 heterocycles. The number of ether oxygens (including phenoxy) is 1. The number of amides is 1. The van der Waals surface area contributed by atoms with Crippen molar-refractivity contribution in [2.24, 2.45) is 0 Å². The molecular formula is C14H18N2O2S. The molecule has 1 fully saturated rings. The second kappa shape index (κ2) is 6.63. The van der Waals surface area contributed by atoms with Gasteiger partial charge in [-0.1, -0.05) is 42.5 Å². The van der Waals surface area contributed by atoms with Gasteiger partial charge in [0.2, 0.25) is 0 Å². The number of nitrogens with zero attached hydrogens (tertiary/aromatic N) is 2. The van der Waals surface area contributed by atoms with Gasteiger partial charge < -0.3 is 14.5 Å². The van der Waals surface area contributed by atoms with Crippen LogP contribution in [0.4, 0.5) is 0 Å². The molecule has 1 aliphatic rings. The van der Waals surface area contributed by atoms with Gasteiger partial charge in [0.1, 0.15) is 0 Å². The first-order valence-corrected chi connectivity index (χ1v) is 6.75. The lowest BCUT2D eigenvalue weighted by Crippen LogP contribution is -2.47. The monoisotopic (exact) mass is 278 g/mol. The van der Waals surface area contributed by atoms with E-state index in [1.807, 2.05) is 35.2 Å². The molecule has 0 N–H and O–H groups in total. The Morgan fingerprint density at radius 1 is 1.32 bits per heavy atom. The van der Waals surface area contributed by atoms with Crippen molar-refractivity contribution in [3.05, 3.63) is 35.9 Å². The summed E-state index contributed by atoms with van der Waals surface area (Å²) in [6.45, 7) is 3.24. The molecule has 0 aliphatic carbocycles. The van der Waals surface area contributed by atoms with Crippen LogP contribution in [0.1, 0.15) is 5.56 Å². The number of hydrogen-bond donors (Lipinski definition) is 0. The first-order chi connectivity index (χ1) is 9.18. The van der Waals surface area contributed by atoms with Crippen molar-refractivity contribution in [3.8, 4) is 0 Å². The molecule has 2 rings (SSSR count). The number of thiocarbonyl (C=S) groups is 1. The SMILES string of the molecule is CN(Cc1ccccc1)C(=O)C(=S)N1CCOCC1. The van der Waals surface area contributed by atoms with Crippen molar-refractivity contribution in [2.75, 3.05) is 33.4 Å². The Hall–Kier alpha value is -1.46. The zero-order valence-electron chi connectivity index (χ0n) is 11.0. The third kappa shape index (κ3) is 3.75. The van der Waals surface area contributed by atoms with Crippen LogP contribution in [-0.4, -0.2) is 54.0 Å². The standard InChI is InChI=1S/C14H18N2O2S/c1-15(11-12-5-3-2-4-6-12)13(17)14(19)16-7-9-18-10-8-16/h2-6H,7-11H2,1H3. The molecular weight excluding hydrogens is 260 g/mol. The van der Waals surface area contributed by atoms with Crippen molar-refractivity contribution in [1.29, 1.82) is 0 Å². The van der Waals surface area contributed by atoms with Gasteiger partial charge in [0.05, 0.1) is 13.2 Å². The molecule has 0 radical (unpaired) electrons. The molecule has 0 saturated carbocycles. The van der Waals surface area contributed by atoms with Crippen molar-refractivity contribution >= 4 is 23.1 Å². The van der Waals surface area contributed by atoms with Gasteiger partial charge in [0, 0.05) is 26.7 Å². The number of hydrogen-bond acceptors (Lipinski definition) is 3. The summed E-state index contributed by atoms with van der Waals surface area (Å²) in [5.74, 6) is -0.0965. The molecule has 102 valence electrons. The molecule has 1 aliphatic heterocycles. The summed E-state index contributed by atoms with van der Waals surface area (Å²) in [5, 5.41) is 0. The first-order valence-electron chi connectivity index (χ1n) is 6.34. The van der Waals surface area contributed by atoms with Crippen molar-refractivity contribution in [1.82, 2.24) is 9.80 Å². The summed E-state index contributed by atoms with van der Waals surface area (Å²) in [7, 11) is 1.78. The third-order valence-corrected chi connectivity index (χ3v) is 3.52. The molecule has 1 aromatic carbocycles. The maximum absolute atomic E-state index is 12.2. The quantitative estimate of drug-likeness (QED) is 0.764.